The number of pyridine rings is 1. The van der Waals surface area contributed by atoms with Crippen molar-refractivity contribution in [1.29, 1.82) is 0 Å². The third-order valence-electron chi connectivity index (χ3n) is 6.29. The lowest BCUT2D eigenvalue weighted by Gasteiger charge is -2.54. The molecule has 1 heterocycles. The van der Waals surface area contributed by atoms with E-state index in [0.717, 1.165) is 42.3 Å². The molecule has 4 fully saturated rings. The maximum Gasteiger partial charge on any atom is 0.317 e. The van der Waals surface area contributed by atoms with E-state index in [9.17, 15) is 4.79 Å². The van der Waals surface area contributed by atoms with Crippen LogP contribution in [0.4, 0.5) is 4.79 Å². The first-order valence-corrected chi connectivity index (χ1v) is 9.10. The molecule has 1 N–H and O–H groups in total. The highest BCUT2D eigenvalue weighted by molar-refractivity contribution is 5.74. The Bertz CT molecular complexity index is 531. The van der Waals surface area contributed by atoms with Crippen LogP contribution in [0.25, 0.3) is 0 Å². The van der Waals surface area contributed by atoms with Gasteiger partial charge in [0.05, 0.1) is 0 Å². The molecule has 4 saturated carbocycles. The molecule has 2 amide bonds. The number of carbonyl (C=O) groups excluding carboxylic acids is 1. The summed E-state index contributed by atoms with van der Waals surface area (Å²) in [7, 11) is 1.90. The van der Waals surface area contributed by atoms with Gasteiger partial charge in [0.2, 0.25) is 0 Å². The molecular weight excluding hydrogens is 286 g/mol. The summed E-state index contributed by atoms with van der Waals surface area (Å²) in [5, 5.41) is 3.36. The zero-order valence-electron chi connectivity index (χ0n) is 13.9. The maximum atomic E-state index is 12.6. The van der Waals surface area contributed by atoms with Gasteiger partial charge in [0.15, 0.2) is 0 Å². The van der Waals surface area contributed by atoms with Gasteiger partial charge in [0.1, 0.15) is 0 Å². The second-order valence-corrected chi connectivity index (χ2v) is 7.90. The summed E-state index contributed by atoms with van der Waals surface area (Å²) in [4.78, 5) is 18.7. The van der Waals surface area contributed by atoms with Crippen LogP contribution in [-0.4, -0.2) is 35.5 Å². The molecule has 4 aliphatic carbocycles. The Morgan fingerprint density at radius 3 is 2.48 bits per heavy atom. The fraction of sp³-hybridized carbons (Fsp3) is 0.684. The summed E-state index contributed by atoms with van der Waals surface area (Å²) in [5.41, 5.74) is 1.04. The smallest absolute Gasteiger partial charge is 0.317 e. The van der Waals surface area contributed by atoms with Crippen molar-refractivity contribution in [2.75, 3.05) is 13.6 Å². The van der Waals surface area contributed by atoms with Crippen molar-refractivity contribution in [3.63, 3.8) is 0 Å². The third-order valence-corrected chi connectivity index (χ3v) is 6.29. The van der Waals surface area contributed by atoms with Gasteiger partial charge in [-0.15, -0.1) is 0 Å². The van der Waals surface area contributed by atoms with E-state index in [1.54, 1.807) is 0 Å². The van der Waals surface area contributed by atoms with Crippen LogP contribution in [0, 0.1) is 23.7 Å². The van der Waals surface area contributed by atoms with Gasteiger partial charge in [-0.3, -0.25) is 4.98 Å². The van der Waals surface area contributed by atoms with Crippen LogP contribution in [-0.2, 0) is 6.42 Å². The van der Waals surface area contributed by atoms with E-state index in [-0.39, 0.29) is 6.03 Å². The van der Waals surface area contributed by atoms with Crippen molar-refractivity contribution in [2.45, 2.75) is 44.6 Å². The molecule has 0 saturated heterocycles. The molecule has 0 radical (unpaired) electrons. The summed E-state index contributed by atoms with van der Waals surface area (Å²) in [6.45, 7) is 0.718. The van der Waals surface area contributed by atoms with Crippen molar-refractivity contribution < 1.29 is 4.79 Å². The molecular formula is C19H27N3O. The van der Waals surface area contributed by atoms with Crippen LogP contribution >= 0.6 is 0 Å². The SMILES string of the molecule is CN(CCc1ccccn1)C(=O)NC1C2CC3CC(C2)CC1C3. The van der Waals surface area contributed by atoms with Crippen molar-refractivity contribution in [3.8, 4) is 0 Å². The largest absolute Gasteiger partial charge is 0.335 e. The summed E-state index contributed by atoms with van der Waals surface area (Å²) in [6, 6.07) is 6.46. The number of hydrogen-bond acceptors (Lipinski definition) is 2. The number of aromatic nitrogens is 1. The normalized spacial score (nSPS) is 34.4. The van der Waals surface area contributed by atoms with Crippen LogP contribution in [0.2, 0.25) is 0 Å². The van der Waals surface area contributed by atoms with Crippen molar-refractivity contribution >= 4 is 6.03 Å². The molecule has 1 aromatic heterocycles. The fourth-order valence-electron chi connectivity index (χ4n) is 5.34. The van der Waals surface area contributed by atoms with Crippen LogP contribution in [0.15, 0.2) is 24.4 Å². The third kappa shape index (κ3) is 3.08. The van der Waals surface area contributed by atoms with Gasteiger partial charge in [-0.25, -0.2) is 4.79 Å². The van der Waals surface area contributed by atoms with Crippen LogP contribution in [0.5, 0.6) is 0 Å². The molecule has 0 aliphatic heterocycles. The Kier molecular flexibility index (Phi) is 4.00. The Morgan fingerprint density at radius 1 is 1.17 bits per heavy atom. The van der Waals surface area contributed by atoms with Crippen molar-refractivity contribution in [1.82, 2.24) is 15.2 Å². The molecule has 0 atom stereocenters. The van der Waals surface area contributed by atoms with Crippen LogP contribution in [0.3, 0.4) is 0 Å². The molecule has 4 nitrogen and oxygen atoms in total. The van der Waals surface area contributed by atoms with Crippen molar-refractivity contribution in [2.24, 2.45) is 23.7 Å². The lowest BCUT2D eigenvalue weighted by molar-refractivity contribution is -0.0107. The molecule has 1 aromatic rings. The second-order valence-electron chi connectivity index (χ2n) is 7.90. The number of amides is 2. The predicted molar refractivity (Wildman–Crippen MR) is 89.9 cm³/mol. The van der Waals surface area contributed by atoms with Gasteiger partial charge in [0, 0.05) is 37.9 Å². The first kappa shape index (κ1) is 15.0. The van der Waals surface area contributed by atoms with Crippen LogP contribution in [0.1, 0.15) is 37.8 Å². The molecule has 0 spiro atoms. The number of carbonyl (C=O) groups is 1. The zero-order valence-corrected chi connectivity index (χ0v) is 13.9. The number of rotatable bonds is 4. The minimum atomic E-state index is 0.0957. The Balaban J connectivity index is 1.31. The zero-order chi connectivity index (χ0) is 15.8. The van der Waals surface area contributed by atoms with E-state index >= 15 is 0 Å². The second kappa shape index (κ2) is 6.14. The highest BCUT2D eigenvalue weighted by Crippen LogP contribution is 2.53. The van der Waals surface area contributed by atoms with Gasteiger partial charge >= 0.3 is 6.03 Å². The van der Waals surface area contributed by atoms with E-state index in [1.807, 2.05) is 36.3 Å². The lowest BCUT2D eigenvalue weighted by atomic mass is 9.54. The molecule has 124 valence electrons. The Hall–Kier alpha value is -1.58. The molecule has 0 unspecified atom stereocenters. The van der Waals surface area contributed by atoms with E-state index in [1.165, 1.54) is 32.1 Å². The highest BCUT2D eigenvalue weighted by atomic mass is 16.2. The van der Waals surface area contributed by atoms with E-state index in [0.29, 0.717) is 6.04 Å². The molecule has 0 aromatic carbocycles. The van der Waals surface area contributed by atoms with Gasteiger partial charge in [-0.05, 0) is 67.9 Å². The van der Waals surface area contributed by atoms with Gasteiger partial charge < -0.3 is 10.2 Å². The molecule has 4 heteroatoms. The van der Waals surface area contributed by atoms with Gasteiger partial charge in [0.25, 0.3) is 0 Å². The van der Waals surface area contributed by atoms with E-state index in [4.69, 9.17) is 0 Å². The predicted octanol–water partition coefficient (Wildman–Crippen LogP) is 3.09. The summed E-state index contributed by atoms with van der Waals surface area (Å²) < 4.78 is 0. The number of likely N-dealkylation sites (N-methyl/N-ethyl adjacent to an activating group) is 1. The van der Waals surface area contributed by atoms with E-state index in [2.05, 4.69) is 10.3 Å². The molecule has 5 rings (SSSR count). The number of hydrogen-bond donors (Lipinski definition) is 1. The van der Waals surface area contributed by atoms with Gasteiger partial charge in [-0.1, -0.05) is 6.07 Å². The fourth-order valence-corrected chi connectivity index (χ4v) is 5.34. The lowest BCUT2D eigenvalue weighted by Crippen LogP contribution is -2.57. The first-order valence-electron chi connectivity index (χ1n) is 9.10. The summed E-state index contributed by atoms with van der Waals surface area (Å²) in [6.07, 6.45) is 9.45. The number of nitrogens with one attached hydrogen (secondary N) is 1. The maximum absolute atomic E-state index is 12.6. The minimum Gasteiger partial charge on any atom is -0.335 e. The molecule has 4 aliphatic rings. The first-order chi connectivity index (χ1) is 11.2. The minimum absolute atomic E-state index is 0.0957. The van der Waals surface area contributed by atoms with Gasteiger partial charge in [-0.2, -0.15) is 0 Å². The van der Waals surface area contributed by atoms with Crippen molar-refractivity contribution in [3.05, 3.63) is 30.1 Å². The monoisotopic (exact) mass is 313 g/mol. The highest BCUT2D eigenvalue weighted by Gasteiger charge is 2.48. The quantitative estimate of drug-likeness (QED) is 0.928. The topological polar surface area (TPSA) is 45.2 Å². The Labute approximate surface area is 138 Å². The summed E-state index contributed by atoms with van der Waals surface area (Å²) >= 11 is 0. The number of urea groups is 1. The average molecular weight is 313 g/mol. The standard InChI is InChI=1S/C19H27N3O/c1-22(7-5-17-4-2-3-6-20-17)19(23)21-18-15-9-13-8-14(11-15)12-16(18)10-13/h2-4,6,13-16,18H,5,7-12H2,1H3,(H,21,23). The molecule has 23 heavy (non-hydrogen) atoms. The van der Waals surface area contributed by atoms with Crippen LogP contribution < -0.4 is 5.32 Å². The summed E-state index contributed by atoms with van der Waals surface area (Å²) in [5.74, 6) is 3.37. The average Bonchev–Trinajstić information content (AvgIpc) is 2.56. The van der Waals surface area contributed by atoms with E-state index < -0.39 is 0 Å². The Morgan fingerprint density at radius 2 is 1.87 bits per heavy atom. The number of nitrogens with zero attached hydrogens (tertiary/aromatic N) is 2. The molecule has 4 bridgehead atoms.